The molecule has 0 saturated heterocycles. The maximum Gasteiger partial charge on any atom is 0.193 e. The second kappa shape index (κ2) is 5.00. The maximum absolute atomic E-state index is 12.0. The normalized spacial score (nSPS) is 9.35. The minimum Gasteiger partial charge on any atom is -0.408 e. The van der Waals surface area contributed by atoms with Crippen LogP contribution in [0.1, 0.15) is 15.9 Å². The summed E-state index contributed by atoms with van der Waals surface area (Å²) in [6, 6.07) is 15.9. The van der Waals surface area contributed by atoms with Crippen molar-refractivity contribution in [2.24, 2.45) is 0 Å². The van der Waals surface area contributed by atoms with E-state index in [1.54, 1.807) is 36.4 Å². The zero-order valence-corrected chi connectivity index (χ0v) is 9.09. The van der Waals surface area contributed by atoms with E-state index in [0.717, 1.165) is 0 Å². The van der Waals surface area contributed by atoms with E-state index in [0.29, 0.717) is 16.9 Å². The predicted octanol–water partition coefficient (Wildman–Crippen LogP) is 2.89. The van der Waals surface area contributed by atoms with Crippen molar-refractivity contribution in [2.75, 3.05) is 0 Å². The third-order valence-corrected chi connectivity index (χ3v) is 2.33. The number of carbonyl (C=O) groups is 1. The van der Waals surface area contributed by atoms with Gasteiger partial charge in [0.1, 0.15) is 11.9 Å². The van der Waals surface area contributed by atoms with Gasteiger partial charge in [-0.25, -0.2) is 0 Å². The van der Waals surface area contributed by atoms with Gasteiger partial charge in [0, 0.05) is 11.1 Å². The average Bonchev–Trinajstić information content (AvgIpc) is 2.40. The molecule has 2 nitrogen and oxygen atoms in total. The predicted molar refractivity (Wildman–Crippen MR) is 65.8 cm³/mol. The number of hydrogen-bond donors (Lipinski definition) is 0. The molecule has 0 aromatic heterocycles. The summed E-state index contributed by atoms with van der Waals surface area (Å²) in [5.41, 5.74) is 1.28. The Balaban J connectivity index is 2.24. The van der Waals surface area contributed by atoms with Crippen molar-refractivity contribution < 1.29 is 9.53 Å². The van der Waals surface area contributed by atoms with Crippen LogP contribution in [0.3, 0.4) is 0 Å². The molecule has 0 bridgehead atoms. The molecule has 0 heterocycles. The van der Waals surface area contributed by atoms with E-state index in [-0.39, 0.29) is 5.78 Å². The third kappa shape index (κ3) is 2.53. The molecular weight excluding hydrogens is 212 g/mol. The zero-order valence-electron chi connectivity index (χ0n) is 9.09. The molecule has 0 aliphatic carbocycles. The first-order chi connectivity index (χ1) is 8.31. The summed E-state index contributed by atoms with van der Waals surface area (Å²) in [4.78, 5) is 12.0. The molecule has 0 unspecified atom stereocenters. The number of terminal acetylenes is 1. The van der Waals surface area contributed by atoms with Gasteiger partial charge in [-0.15, -0.1) is 0 Å². The summed E-state index contributed by atoms with van der Waals surface area (Å²) in [7, 11) is 0. The van der Waals surface area contributed by atoms with E-state index in [4.69, 9.17) is 11.2 Å². The molecule has 2 aromatic carbocycles. The van der Waals surface area contributed by atoms with Crippen LogP contribution in [-0.2, 0) is 0 Å². The fraction of sp³-hybridized carbons (Fsp3) is 0. The monoisotopic (exact) mass is 222 g/mol. The topological polar surface area (TPSA) is 26.3 Å². The molecule has 0 aliphatic heterocycles. The summed E-state index contributed by atoms with van der Waals surface area (Å²) in [6.45, 7) is 0. The van der Waals surface area contributed by atoms with Gasteiger partial charge in [0.2, 0.25) is 0 Å². The van der Waals surface area contributed by atoms with Crippen molar-refractivity contribution in [3.8, 4) is 18.3 Å². The van der Waals surface area contributed by atoms with E-state index in [9.17, 15) is 4.79 Å². The van der Waals surface area contributed by atoms with Gasteiger partial charge in [-0.1, -0.05) is 36.8 Å². The summed E-state index contributed by atoms with van der Waals surface area (Å²) in [6.07, 6.45) is 7.09. The van der Waals surface area contributed by atoms with Crippen LogP contribution in [0.15, 0.2) is 54.6 Å². The van der Waals surface area contributed by atoms with Gasteiger partial charge >= 0.3 is 0 Å². The second-order valence-electron chi connectivity index (χ2n) is 3.44. The van der Waals surface area contributed by atoms with E-state index < -0.39 is 0 Å². The molecule has 0 aliphatic rings. The molecule has 2 rings (SSSR count). The maximum atomic E-state index is 12.0. The molecule has 0 N–H and O–H groups in total. The van der Waals surface area contributed by atoms with Gasteiger partial charge < -0.3 is 4.74 Å². The van der Waals surface area contributed by atoms with Crippen molar-refractivity contribution in [1.82, 2.24) is 0 Å². The first-order valence-electron chi connectivity index (χ1n) is 5.13. The third-order valence-electron chi connectivity index (χ3n) is 2.33. The summed E-state index contributed by atoms with van der Waals surface area (Å²) >= 11 is 0. The van der Waals surface area contributed by atoms with Crippen molar-refractivity contribution >= 4 is 5.78 Å². The molecule has 17 heavy (non-hydrogen) atoms. The van der Waals surface area contributed by atoms with E-state index >= 15 is 0 Å². The van der Waals surface area contributed by atoms with Gasteiger partial charge in [0.25, 0.3) is 0 Å². The average molecular weight is 222 g/mol. The van der Waals surface area contributed by atoms with Crippen molar-refractivity contribution in [2.45, 2.75) is 0 Å². The Kier molecular flexibility index (Phi) is 3.23. The first-order valence-corrected chi connectivity index (χ1v) is 5.13. The van der Waals surface area contributed by atoms with Crippen LogP contribution in [0.2, 0.25) is 0 Å². The lowest BCUT2D eigenvalue weighted by molar-refractivity contribution is 0.103. The molecule has 82 valence electrons. The quantitative estimate of drug-likeness (QED) is 0.589. The standard InChI is InChI=1S/C15H10O2/c1-2-17-14-10-8-13(9-11-14)15(16)12-6-4-3-5-7-12/h1,3-11H. The van der Waals surface area contributed by atoms with E-state index in [2.05, 4.69) is 6.11 Å². The molecular formula is C15H10O2. The minimum atomic E-state index is -0.0159. The van der Waals surface area contributed by atoms with Gasteiger partial charge in [-0.2, -0.15) is 0 Å². The van der Waals surface area contributed by atoms with Crippen LogP contribution in [0.4, 0.5) is 0 Å². The molecule has 2 heteroatoms. The molecule has 0 amide bonds. The van der Waals surface area contributed by atoms with Crippen molar-refractivity contribution in [3.63, 3.8) is 0 Å². The fourth-order valence-corrected chi connectivity index (χ4v) is 1.50. The summed E-state index contributed by atoms with van der Waals surface area (Å²) in [5, 5.41) is 0. The Morgan fingerprint density at radius 1 is 0.941 bits per heavy atom. The van der Waals surface area contributed by atoms with Crippen LogP contribution in [0, 0.1) is 12.5 Å². The van der Waals surface area contributed by atoms with Crippen molar-refractivity contribution in [1.29, 1.82) is 0 Å². The zero-order chi connectivity index (χ0) is 12.1. The Morgan fingerprint density at radius 2 is 1.53 bits per heavy atom. The summed E-state index contributed by atoms with van der Waals surface area (Å²) < 4.78 is 4.86. The largest absolute Gasteiger partial charge is 0.408 e. The molecule has 0 atom stereocenters. The van der Waals surface area contributed by atoms with Crippen LogP contribution in [-0.4, -0.2) is 5.78 Å². The highest BCUT2D eigenvalue weighted by molar-refractivity contribution is 6.08. The van der Waals surface area contributed by atoms with Crippen LogP contribution >= 0.6 is 0 Å². The highest BCUT2D eigenvalue weighted by Crippen LogP contribution is 2.15. The molecule has 0 spiro atoms. The van der Waals surface area contributed by atoms with E-state index in [1.807, 2.05) is 18.2 Å². The Labute approximate surface area is 99.9 Å². The van der Waals surface area contributed by atoms with Crippen molar-refractivity contribution in [3.05, 3.63) is 65.7 Å². The van der Waals surface area contributed by atoms with Crippen LogP contribution in [0.5, 0.6) is 5.75 Å². The molecule has 2 aromatic rings. The Morgan fingerprint density at radius 3 is 2.12 bits per heavy atom. The molecule has 0 saturated carbocycles. The lowest BCUT2D eigenvalue weighted by atomic mass is 10.0. The minimum absolute atomic E-state index is 0.0159. The fourth-order valence-electron chi connectivity index (χ4n) is 1.50. The highest BCUT2D eigenvalue weighted by atomic mass is 16.5. The smallest absolute Gasteiger partial charge is 0.193 e. The van der Waals surface area contributed by atoms with Gasteiger partial charge in [0.05, 0.1) is 0 Å². The summed E-state index contributed by atoms with van der Waals surface area (Å²) in [5.74, 6) is 0.537. The number of ketones is 1. The number of ether oxygens (including phenoxy) is 1. The highest BCUT2D eigenvalue weighted by Gasteiger charge is 2.07. The lowest BCUT2D eigenvalue weighted by Gasteiger charge is -2.02. The SMILES string of the molecule is C#COc1ccc(C(=O)c2ccccc2)cc1. The first kappa shape index (κ1) is 11.0. The second-order valence-corrected chi connectivity index (χ2v) is 3.44. The number of benzene rings is 2. The lowest BCUT2D eigenvalue weighted by Crippen LogP contribution is -2.00. The molecule has 0 fully saturated rings. The molecule has 0 radical (unpaired) electrons. The Hall–Kier alpha value is -2.53. The number of hydrogen-bond acceptors (Lipinski definition) is 2. The van der Waals surface area contributed by atoms with Gasteiger partial charge in [-0.3, -0.25) is 4.79 Å². The van der Waals surface area contributed by atoms with Gasteiger partial charge in [-0.05, 0) is 24.3 Å². The van der Waals surface area contributed by atoms with Gasteiger partial charge in [0.15, 0.2) is 5.78 Å². The van der Waals surface area contributed by atoms with Crippen LogP contribution < -0.4 is 4.74 Å². The van der Waals surface area contributed by atoms with Crippen LogP contribution in [0.25, 0.3) is 0 Å². The van der Waals surface area contributed by atoms with E-state index in [1.165, 1.54) is 0 Å². The number of carbonyl (C=O) groups excluding carboxylic acids is 1. The number of rotatable bonds is 3. The Bertz CT molecular complexity index is 548.